The van der Waals surface area contributed by atoms with Crippen LogP contribution in [0.3, 0.4) is 0 Å². The molecule has 0 saturated heterocycles. The molecule has 0 aliphatic heterocycles. The standard InChI is InChI=1S/C31H32N4O5/c1-31(2,3)24-12-8-9-13-25(24)35-26(18-28(37)34(30(35)39)20-21-10-6-5-7-11-21)33-27(36)19-32-29(38)22-14-16-23(40-4)17-15-22/h5-18H,19-20H2,1-4H3,(H,32,38)(H,33,36). The molecule has 0 aliphatic carbocycles. The number of nitrogens with one attached hydrogen (secondary N) is 2. The van der Waals surface area contributed by atoms with E-state index in [2.05, 4.69) is 10.6 Å². The quantitative estimate of drug-likeness (QED) is 0.354. The second-order valence-electron chi connectivity index (χ2n) is 10.3. The average molecular weight is 541 g/mol. The molecule has 0 saturated carbocycles. The number of hydrogen-bond donors (Lipinski definition) is 2. The Morgan fingerprint density at radius 2 is 1.52 bits per heavy atom. The third-order valence-corrected chi connectivity index (χ3v) is 6.35. The van der Waals surface area contributed by atoms with Crippen molar-refractivity contribution in [1.29, 1.82) is 0 Å². The fraction of sp³-hybridized carbons (Fsp3) is 0.226. The highest BCUT2D eigenvalue weighted by molar-refractivity contribution is 5.99. The fourth-order valence-corrected chi connectivity index (χ4v) is 4.31. The number of carbonyl (C=O) groups excluding carboxylic acids is 2. The summed E-state index contributed by atoms with van der Waals surface area (Å²) in [5.41, 5.74) is 1.04. The minimum Gasteiger partial charge on any atom is -0.497 e. The predicted molar refractivity (Wildman–Crippen MR) is 154 cm³/mol. The molecule has 2 N–H and O–H groups in total. The summed E-state index contributed by atoms with van der Waals surface area (Å²) >= 11 is 0. The lowest BCUT2D eigenvalue weighted by molar-refractivity contribution is -0.115. The molecule has 4 rings (SSSR count). The Morgan fingerprint density at radius 3 is 2.17 bits per heavy atom. The van der Waals surface area contributed by atoms with E-state index in [1.807, 2.05) is 63.2 Å². The molecule has 0 unspecified atom stereocenters. The SMILES string of the molecule is COc1ccc(C(=O)NCC(=O)Nc2cc(=O)n(Cc3ccccc3)c(=O)n2-c2ccccc2C(C)(C)C)cc1. The molecule has 4 aromatic rings. The molecule has 2 amide bonds. The Kier molecular flexibility index (Phi) is 8.33. The molecule has 0 atom stereocenters. The number of rotatable bonds is 8. The zero-order chi connectivity index (χ0) is 28.9. The average Bonchev–Trinajstić information content (AvgIpc) is 2.94. The van der Waals surface area contributed by atoms with Gasteiger partial charge in [-0.25, -0.2) is 9.36 Å². The molecule has 1 heterocycles. The van der Waals surface area contributed by atoms with Gasteiger partial charge >= 0.3 is 5.69 Å². The van der Waals surface area contributed by atoms with Crippen LogP contribution in [0.4, 0.5) is 5.82 Å². The Balaban J connectivity index is 1.69. The van der Waals surface area contributed by atoms with Crippen molar-refractivity contribution in [2.24, 2.45) is 0 Å². The second kappa shape index (κ2) is 11.9. The van der Waals surface area contributed by atoms with Crippen LogP contribution in [0.1, 0.15) is 42.3 Å². The number of carbonyl (C=O) groups is 2. The Hall–Kier alpha value is -4.92. The highest BCUT2D eigenvalue weighted by Gasteiger charge is 2.23. The molecular formula is C31H32N4O5. The third kappa shape index (κ3) is 6.37. The van der Waals surface area contributed by atoms with Gasteiger partial charge in [-0.2, -0.15) is 0 Å². The number of hydrogen-bond acceptors (Lipinski definition) is 5. The molecule has 0 spiro atoms. The monoisotopic (exact) mass is 540 g/mol. The lowest BCUT2D eigenvalue weighted by Gasteiger charge is -2.25. The zero-order valence-electron chi connectivity index (χ0n) is 22.9. The van der Waals surface area contributed by atoms with E-state index in [9.17, 15) is 19.2 Å². The summed E-state index contributed by atoms with van der Waals surface area (Å²) in [6, 6.07) is 24.2. The minimum absolute atomic E-state index is 0.0136. The summed E-state index contributed by atoms with van der Waals surface area (Å²) < 4.78 is 7.58. The summed E-state index contributed by atoms with van der Waals surface area (Å²) in [6.45, 7) is 5.76. The van der Waals surface area contributed by atoms with Gasteiger partial charge < -0.3 is 15.4 Å². The van der Waals surface area contributed by atoms with E-state index in [4.69, 9.17) is 4.74 Å². The molecule has 1 aromatic heterocycles. The normalized spacial score (nSPS) is 11.1. The van der Waals surface area contributed by atoms with E-state index in [0.717, 1.165) is 15.7 Å². The number of benzene rings is 3. The summed E-state index contributed by atoms with van der Waals surface area (Å²) in [6.07, 6.45) is 0. The first-order valence-corrected chi connectivity index (χ1v) is 12.8. The van der Waals surface area contributed by atoms with Crippen LogP contribution in [0, 0.1) is 0 Å². The van der Waals surface area contributed by atoms with Crippen LogP contribution >= 0.6 is 0 Å². The number of aromatic nitrogens is 2. The summed E-state index contributed by atoms with van der Waals surface area (Å²) in [4.78, 5) is 52.5. The Morgan fingerprint density at radius 1 is 0.875 bits per heavy atom. The van der Waals surface area contributed by atoms with Crippen molar-refractivity contribution in [2.75, 3.05) is 19.0 Å². The van der Waals surface area contributed by atoms with E-state index in [1.54, 1.807) is 36.4 Å². The molecule has 0 fully saturated rings. The molecule has 0 aliphatic rings. The molecule has 0 radical (unpaired) electrons. The maximum atomic E-state index is 13.9. The van der Waals surface area contributed by atoms with E-state index in [1.165, 1.54) is 17.7 Å². The van der Waals surface area contributed by atoms with Crippen LogP contribution in [-0.4, -0.2) is 34.6 Å². The number of methoxy groups -OCH3 is 1. The predicted octanol–water partition coefficient (Wildman–Crippen LogP) is 3.72. The summed E-state index contributed by atoms with van der Waals surface area (Å²) in [5, 5.41) is 5.22. The molecule has 206 valence electrons. The van der Waals surface area contributed by atoms with E-state index < -0.39 is 23.1 Å². The maximum Gasteiger partial charge on any atom is 0.337 e. The van der Waals surface area contributed by atoms with Crippen molar-refractivity contribution in [3.63, 3.8) is 0 Å². The van der Waals surface area contributed by atoms with Gasteiger partial charge in [-0.15, -0.1) is 0 Å². The van der Waals surface area contributed by atoms with Gasteiger partial charge in [0.2, 0.25) is 5.91 Å². The van der Waals surface area contributed by atoms with Gasteiger partial charge in [0.05, 0.1) is 25.9 Å². The molecule has 9 heteroatoms. The van der Waals surface area contributed by atoms with Gasteiger partial charge in [-0.05, 0) is 46.9 Å². The molecule has 3 aromatic carbocycles. The van der Waals surface area contributed by atoms with Crippen molar-refractivity contribution in [3.05, 3.63) is 122 Å². The largest absolute Gasteiger partial charge is 0.497 e. The van der Waals surface area contributed by atoms with Gasteiger partial charge in [-0.3, -0.25) is 19.0 Å². The highest BCUT2D eigenvalue weighted by Crippen LogP contribution is 2.29. The van der Waals surface area contributed by atoms with Crippen LogP contribution in [0.2, 0.25) is 0 Å². The Labute approximate surface area is 232 Å². The Bertz CT molecular complexity index is 1630. The molecular weight excluding hydrogens is 508 g/mol. The van der Waals surface area contributed by atoms with Gasteiger partial charge in [0.25, 0.3) is 11.5 Å². The van der Waals surface area contributed by atoms with Crippen molar-refractivity contribution in [1.82, 2.24) is 14.5 Å². The van der Waals surface area contributed by atoms with Gasteiger partial charge in [0.1, 0.15) is 11.6 Å². The number of ether oxygens (including phenoxy) is 1. The van der Waals surface area contributed by atoms with Crippen LogP contribution in [0.5, 0.6) is 5.75 Å². The number of anilines is 1. The first-order valence-electron chi connectivity index (χ1n) is 12.8. The number of amides is 2. The van der Waals surface area contributed by atoms with Crippen molar-refractivity contribution in [3.8, 4) is 11.4 Å². The fourth-order valence-electron chi connectivity index (χ4n) is 4.31. The number of nitrogens with zero attached hydrogens (tertiary/aromatic N) is 2. The third-order valence-electron chi connectivity index (χ3n) is 6.35. The van der Waals surface area contributed by atoms with Crippen LogP contribution in [-0.2, 0) is 16.8 Å². The molecule has 9 nitrogen and oxygen atoms in total. The smallest absolute Gasteiger partial charge is 0.337 e. The lowest BCUT2D eigenvalue weighted by atomic mass is 9.85. The van der Waals surface area contributed by atoms with Crippen LogP contribution in [0.15, 0.2) is 94.5 Å². The lowest BCUT2D eigenvalue weighted by Crippen LogP contribution is -2.42. The van der Waals surface area contributed by atoms with Crippen molar-refractivity contribution < 1.29 is 14.3 Å². The van der Waals surface area contributed by atoms with E-state index in [-0.39, 0.29) is 24.3 Å². The topological polar surface area (TPSA) is 111 Å². The van der Waals surface area contributed by atoms with E-state index in [0.29, 0.717) is 17.0 Å². The van der Waals surface area contributed by atoms with Crippen LogP contribution < -0.4 is 26.6 Å². The van der Waals surface area contributed by atoms with Crippen molar-refractivity contribution >= 4 is 17.6 Å². The summed E-state index contributed by atoms with van der Waals surface area (Å²) in [7, 11) is 1.53. The van der Waals surface area contributed by atoms with Crippen molar-refractivity contribution in [2.45, 2.75) is 32.7 Å². The maximum absolute atomic E-state index is 13.9. The first kappa shape index (κ1) is 28.1. The molecule has 0 bridgehead atoms. The first-order chi connectivity index (χ1) is 19.1. The zero-order valence-corrected chi connectivity index (χ0v) is 22.9. The van der Waals surface area contributed by atoms with Gasteiger partial charge in [-0.1, -0.05) is 69.3 Å². The molecule has 40 heavy (non-hydrogen) atoms. The highest BCUT2D eigenvalue weighted by atomic mass is 16.5. The number of para-hydroxylation sites is 1. The second-order valence-corrected chi connectivity index (χ2v) is 10.3. The van der Waals surface area contributed by atoms with E-state index >= 15 is 0 Å². The summed E-state index contributed by atoms with van der Waals surface area (Å²) in [5.74, 6) is -0.431. The minimum atomic E-state index is -0.594. The van der Waals surface area contributed by atoms with Gasteiger partial charge in [0, 0.05) is 11.6 Å². The van der Waals surface area contributed by atoms with Gasteiger partial charge in [0.15, 0.2) is 0 Å². The van der Waals surface area contributed by atoms with Crippen LogP contribution in [0.25, 0.3) is 5.69 Å².